The summed E-state index contributed by atoms with van der Waals surface area (Å²) in [5.41, 5.74) is 2.00. The van der Waals surface area contributed by atoms with E-state index in [1.165, 1.54) is 6.42 Å². The molecule has 4 nitrogen and oxygen atoms in total. The van der Waals surface area contributed by atoms with Crippen LogP contribution in [-0.2, 0) is 16.1 Å². The summed E-state index contributed by atoms with van der Waals surface area (Å²) in [7, 11) is 0. The van der Waals surface area contributed by atoms with Crippen LogP contribution in [0, 0.1) is 0 Å². The maximum Gasteiger partial charge on any atom is 0.235 e. The molecular formula is C24H26N2O2S. The molecule has 4 rings (SSSR count). The van der Waals surface area contributed by atoms with Gasteiger partial charge in [-0.1, -0.05) is 48.5 Å². The zero-order valence-corrected chi connectivity index (χ0v) is 17.3. The average Bonchev–Trinajstić information content (AvgIpc) is 3.21. The first-order chi connectivity index (χ1) is 14.3. The van der Waals surface area contributed by atoms with Gasteiger partial charge in [0.1, 0.15) is 10.9 Å². The highest BCUT2D eigenvalue weighted by atomic mass is 32.1. The number of carbonyl (C=O) groups is 1. The van der Waals surface area contributed by atoms with Crippen molar-refractivity contribution >= 4 is 27.5 Å². The topological polar surface area (TPSA) is 42.4 Å². The van der Waals surface area contributed by atoms with Crippen LogP contribution in [0.15, 0.2) is 67.3 Å². The predicted octanol–water partition coefficient (Wildman–Crippen LogP) is 5.16. The third-order valence-electron chi connectivity index (χ3n) is 5.36. The molecule has 3 aromatic rings. The van der Waals surface area contributed by atoms with E-state index >= 15 is 0 Å². The minimum atomic E-state index is -0.466. The van der Waals surface area contributed by atoms with Gasteiger partial charge in [0.25, 0.3) is 0 Å². The average molecular weight is 407 g/mol. The number of hydrogen-bond acceptors (Lipinski definition) is 4. The van der Waals surface area contributed by atoms with Gasteiger partial charge in [-0.15, -0.1) is 17.9 Å². The zero-order valence-electron chi connectivity index (χ0n) is 16.5. The molecule has 1 amide bonds. The summed E-state index contributed by atoms with van der Waals surface area (Å²) < 4.78 is 7.29. The number of piperidine rings is 1. The molecule has 0 radical (unpaired) electrons. The van der Waals surface area contributed by atoms with Crippen molar-refractivity contribution < 1.29 is 9.53 Å². The summed E-state index contributed by atoms with van der Waals surface area (Å²) in [5, 5.41) is 0.805. The Labute approximate surface area is 175 Å². The zero-order chi connectivity index (χ0) is 20.1. The van der Waals surface area contributed by atoms with Gasteiger partial charge in [-0.25, -0.2) is 4.98 Å². The largest absolute Gasteiger partial charge is 0.368 e. The van der Waals surface area contributed by atoms with Gasteiger partial charge in [0, 0.05) is 13.1 Å². The van der Waals surface area contributed by atoms with Crippen molar-refractivity contribution in [2.24, 2.45) is 0 Å². The Balaban J connectivity index is 1.63. The maximum atomic E-state index is 13.6. The molecule has 0 unspecified atom stereocenters. The molecule has 1 aliphatic rings. The van der Waals surface area contributed by atoms with E-state index in [4.69, 9.17) is 9.72 Å². The Morgan fingerprint density at radius 3 is 2.55 bits per heavy atom. The highest BCUT2D eigenvalue weighted by Gasteiger charge is 2.35. The maximum absolute atomic E-state index is 13.6. The van der Waals surface area contributed by atoms with E-state index in [2.05, 4.69) is 6.58 Å². The molecule has 0 saturated carbocycles. The number of carbonyl (C=O) groups excluding carboxylic acids is 1. The number of para-hydroxylation sites is 1. The van der Waals surface area contributed by atoms with Gasteiger partial charge in [0.05, 0.1) is 22.9 Å². The lowest BCUT2D eigenvalue weighted by atomic mass is 9.99. The van der Waals surface area contributed by atoms with Gasteiger partial charge in [-0.05, 0) is 37.0 Å². The molecule has 1 fully saturated rings. The number of nitrogens with zero attached hydrogens (tertiary/aromatic N) is 2. The summed E-state index contributed by atoms with van der Waals surface area (Å²) >= 11 is 1.58. The van der Waals surface area contributed by atoms with Gasteiger partial charge in [0.2, 0.25) is 5.91 Å². The van der Waals surface area contributed by atoms with Crippen LogP contribution >= 0.6 is 11.3 Å². The summed E-state index contributed by atoms with van der Waals surface area (Å²) in [6.07, 6.45) is 4.63. The lowest BCUT2D eigenvalue weighted by Crippen LogP contribution is -2.42. The first-order valence-corrected chi connectivity index (χ1v) is 11.0. The van der Waals surface area contributed by atoms with Crippen LogP contribution in [0.1, 0.15) is 35.8 Å². The van der Waals surface area contributed by atoms with Crippen LogP contribution in [0.25, 0.3) is 10.2 Å². The number of amides is 1. The second-order valence-electron chi connectivity index (χ2n) is 7.38. The smallest absolute Gasteiger partial charge is 0.235 e. The fraction of sp³-hybridized carbons (Fsp3) is 0.333. The molecule has 1 aromatic heterocycles. The lowest BCUT2D eigenvalue weighted by Gasteiger charge is -2.32. The molecule has 2 aromatic carbocycles. The number of fused-ring (bicyclic) bond motifs is 1. The van der Waals surface area contributed by atoms with Crippen LogP contribution in [0.2, 0.25) is 0 Å². The monoisotopic (exact) mass is 406 g/mol. The van der Waals surface area contributed by atoms with Crippen molar-refractivity contribution in [2.45, 2.75) is 37.9 Å². The van der Waals surface area contributed by atoms with Gasteiger partial charge in [-0.2, -0.15) is 0 Å². The minimum absolute atomic E-state index is 0.0988. The number of ether oxygens (including phenoxy) is 1. The molecule has 1 aliphatic heterocycles. The molecule has 1 saturated heterocycles. The summed E-state index contributed by atoms with van der Waals surface area (Å²) in [6, 6.07) is 18.0. The van der Waals surface area contributed by atoms with Crippen molar-refractivity contribution in [3.63, 3.8) is 0 Å². The second kappa shape index (κ2) is 9.33. The number of thiazole rings is 1. The molecular weight excluding hydrogens is 380 g/mol. The molecule has 2 heterocycles. The molecule has 150 valence electrons. The molecule has 0 spiro atoms. The Morgan fingerprint density at radius 2 is 1.83 bits per heavy atom. The lowest BCUT2D eigenvalue weighted by molar-refractivity contribution is -0.136. The Morgan fingerprint density at radius 1 is 1.10 bits per heavy atom. The number of likely N-dealkylation sites (tertiary alicyclic amines) is 1. The van der Waals surface area contributed by atoms with E-state index in [-0.39, 0.29) is 5.91 Å². The van der Waals surface area contributed by atoms with Crippen molar-refractivity contribution in [1.29, 1.82) is 0 Å². The van der Waals surface area contributed by atoms with Crippen molar-refractivity contribution in [3.8, 4) is 0 Å². The summed E-state index contributed by atoms with van der Waals surface area (Å²) in [5.74, 6) is -0.367. The first-order valence-electron chi connectivity index (χ1n) is 10.2. The van der Waals surface area contributed by atoms with Crippen LogP contribution in [0.4, 0.5) is 0 Å². The van der Waals surface area contributed by atoms with Gasteiger partial charge in [-0.3, -0.25) is 4.79 Å². The predicted molar refractivity (Wildman–Crippen MR) is 118 cm³/mol. The Hall–Kier alpha value is -2.50. The van der Waals surface area contributed by atoms with Crippen molar-refractivity contribution in [2.75, 3.05) is 13.1 Å². The highest BCUT2D eigenvalue weighted by molar-refractivity contribution is 7.18. The normalized spacial score (nSPS) is 16.5. The summed E-state index contributed by atoms with van der Waals surface area (Å²) in [4.78, 5) is 20.3. The van der Waals surface area contributed by atoms with E-state index < -0.39 is 12.0 Å². The number of rotatable bonds is 7. The van der Waals surface area contributed by atoms with Gasteiger partial charge in [0.15, 0.2) is 0 Å². The molecule has 0 aliphatic carbocycles. The third-order valence-corrected chi connectivity index (χ3v) is 6.48. The van der Waals surface area contributed by atoms with E-state index in [1.807, 2.05) is 59.5 Å². The minimum Gasteiger partial charge on any atom is -0.368 e. The van der Waals surface area contributed by atoms with Crippen LogP contribution in [0.3, 0.4) is 0 Å². The molecule has 0 bridgehead atoms. The molecule has 2 atom stereocenters. The van der Waals surface area contributed by atoms with Crippen LogP contribution in [-0.4, -0.2) is 35.0 Å². The number of hydrogen-bond donors (Lipinski definition) is 0. The Kier molecular flexibility index (Phi) is 6.37. The van der Waals surface area contributed by atoms with Crippen molar-refractivity contribution in [3.05, 3.63) is 77.8 Å². The van der Waals surface area contributed by atoms with E-state index in [1.54, 1.807) is 17.4 Å². The van der Waals surface area contributed by atoms with E-state index in [0.717, 1.165) is 46.7 Å². The fourth-order valence-corrected chi connectivity index (χ4v) is 4.88. The quantitative estimate of drug-likeness (QED) is 0.509. The van der Waals surface area contributed by atoms with Crippen LogP contribution < -0.4 is 0 Å². The number of benzene rings is 2. The standard InChI is InChI=1S/C24H26N2O2S/c1-2-20(28-17-18-11-5-3-6-12-18)22(24(27)26-15-9-4-10-16-26)23-25-19-13-7-8-14-21(19)29-23/h2-3,5-8,11-14,20,22H,1,4,9-10,15-17H2/t20-,22-/m0/s1. The van der Waals surface area contributed by atoms with Gasteiger partial charge < -0.3 is 9.64 Å². The Bertz CT molecular complexity index is 930. The van der Waals surface area contributed by atoms with E-state index in [9.17, 15) is 4.79 Å². The highest BCUT2D eigenvalue weighted by Crippen LogP contribution is 2.33. The van der Waals surface area contributed by atoms with Crippen LogP contribution in [0.5, 0.6) is 0 Å². The SMILES string of the molecule is C=C[C@H](OCc1ccccc1)[C@H](C(=O)N1CCCCC1)c1nc2ccccc2s1. The fourth-order valence-electron chi connectivity index (χ4n) is 3.79. The first kappa shape index (κ1) is 19.8. The van der Waals surface area contributed by atoms with Gasteiger partial charge >= 0.3 is 0 Å². The second-order valence-corrected chi connectivity index (χ2v) is 8.44. The third kappa shape index (κ3) is 4.57. The van der Waals surface area contributed by atoms with E-state index in [0.29, 0.717) is 6.61 Å². The molecule has 5 heteroatoms. The molecule has 29 heavy (non-hydrogen) atoms. The summed E-state index contributed by atoms with van der Waals surface area (Å²) in [6.45, 7) is 6.04. The number of aromatic nitrogens is 1. The molecule has 0 N–H and O–H groups in total. The van der Waals surface area contributed by atoms with Crippen molar-refractivity contribution in [1.82, 2.24) is 9.88 Å².